The smallest absolute Gasteiger partial charge is 0.351 e. The van der Waals surface area contributed by atoms with Crippen LogP contribution < -0.4 is 11.0 Å². The Hall–Kier alpha value is -2.75. The van der Waals surface area contributed by atoms with E-state index in [1.54, 1.807) is 37.3 Å². The minimum absolute atomic E-state index is 0.0403. The number of ether oxygens (including phenoxy) is 1. The van der Waals surface area contributed by atoms with E-state index >= 15 is 0 Å². The van der Waals surface area contributed by atoms with Gasteiger partial charge in [-0.25, -0.2) is 16.0 Å². The summed E-state index contributed by atoms with van der Waals surface area (Å²) in [6.07, 6.45) is -1.01. The fourth-order valence-corrected chi connectivity index (χ4v) is 6.16. The minimum Gasteiger partial charge on any atom is -0.400 e. The van der Waals surface area contributed by atoms with Gasteiger partial charge in [-0.1, -0.05) is 18.2 Å². The molecule has 1 saturated heterocycles. The molecular weight excluding hydrogens is 549 g/mol. The van der Waals surface area contributed by atoms with Crippen LogP contribution in [0, 0.1) is 19.4 Å². The minimum atomic E-state index is -1.72. The molecule has 1 aliphatic heterocycles. The van der Waals surface area contributed by atoms with Gasteiger partial charge in [0.25, 0.3) is 14.4 Å². The van der Waals surface area contributed by atoms with Crippen molar-refractivity contribution in [3.8, 4) is 0 Å². The highest BCUT2D eigenvalue weighted by atomic mass is 31.2. The zero-order chi connectivity index (χ0) is 32.1. The van der Waals surface area contributed by atoms with Crippen molar-refractivity contribution < 1.29 is 30.2 Å². The molecule has 0 aliphatic carbocycles. The van der Waals surface area contributed by atoms with Gasteiger partial charge in [0.2, 0.25) is 7.98 Å². The zero-order valence-electron chi connectivity index (χ0n) is 26.4. The second kappa shape index (κ2) is 16.6. The highest BCUT2D eigenvalue weighted by molar-refractivity contribution is 7.44. The van der Waals surface area contributed by atoms with Gasteiger partial charge in [0.1, 0.15) is 18.5 Å². The molecule has 0 bridgehead atoms. The first-order chi connectivity index (χ1) is 20.5. The maximum absolute atomic E-state index is 13.3. The van der Waals surface area contributed by atoms with Crippen molar-refractivity contribution in [1.82, 2.24) is 14.2 Å². The first-order valence-corrected chi connectivity index (χ1v) is 14.4. The third kappa shape index (κ3) is 8.87. The van der Waals surface area contributed by atoms with Crippen LogP contribution in [0.1, 0.15) is 58.1 Å². The molecule has 41 heavy (non-hydrogen) atoms. The molecule has 5 atom stereocenters. The Bertz CT molecular complexity index is 1240. The van der Waals surface area contributed by atoms with E-state index in [1.165, 1.54) is 17.9 Å². The Kier molecular flexibility index (Phi) is 12.7. The fraction of sp³-hybridized carbons (Fsp3) is 0.571. The Morgan fingerprint density at radius 1 is 1.37 bits per heavy atom. The molecule has 2 heterocycles. The lowest BCUT2D eigenvalue weighted by atomic mass is 10.0. The first kappa shape index (κ1) is 31.2. The van der Waals surface area contributed by atoms with Crippen molar-refractivity contribution in [2.45, 2.75) is 72.0 Å². The number of hydrogen-bond acceptors (Lipinski definition) is 9. The summed E-state index contributed by atoms with van der Waals surface area (Å²) in [6.45, 7) is 16.7. The van der Waals surface area contributed by atoms with E-state index in [0.29, 0.717) is 11.1 Å². The van der Waals surface area contributed by atoms with E-state index in [4.69, 9.17) is 23.2 Å². The lowest BCUT2D eigenvalue weighted by molar-refractivity contribution is -0.0314. The molecule has 1 fully saturated rings. The number of benzene rings is 1. The number of aryl methyl sites for hydroxylation is 1. The predicted molar refractivity (Wildman–Crippen MR) is 157 cm³/mol. The average Bonchev–Trinajstić information content (AvgIpc) is 3.32. The quantitative estimate of drug-likeness (QED) is 0.191. The molecule has 3 N–H and O–H groups in total. The van der Waals surface area contributed by atoms with Crippen LogP contribution in [0.4, 0.5) is 5.82 Å². The summed E-state index contributed by atoms with van der Waals surface area (Å²) in [5.74, 6) is -0.884. The van der Waals surface area contributed by atoms with Crippen LogP contribution in [-0.4, -0.2) is 82.9 Å². The first-order valence-electron chi connectivity index (χ1n) is 14.4. The second-order valence-corrected chi connectivity index (χ2v) is 11.2. The van der Waals surface area contributed by atoms with Gasteiger partial charge in [0, 0.05) is 43.8 Å². The van der Waals surface area contributed by atoms with E-state index in [2.05, 4.69) is 20.3 Å². The largest absolute Gasteiger partial charge is 0.400 e. The summed E-state index contributed by atoms with van der Waals surface area (Å²) < 4.78 is 35.7. The number of nitrogens with zero attached hydrogens (tertiary/aromatic N) is 4. The summed E-state index contributed by atoms with van der Waals surface area (Å²) in [5.41, 5.74) is 0.261. The number of rotatable bonds is 12. The van der Waals surface area contributed by atoms with Crippen LogP contribution in [-0.2, 0) is 13.8 Å². The Morgan fingerprint density at radius 2 is 2.02 bits per heavy atom. The van der Waals surface area contributed by atoms with E-state index in [9.17, 15) is 14.7 Å². The maximum Gasteiger partial charge on any atom is 0.351 e. The third-order valence-corrected chi connectivity index (χ3v) is 8.37. The Labute approximate surface area is 245 Å². The van der Waals surface area contributed by atoms with Crippen molar-refractivity contribution in [3.63, 3.8) is 0 Å². The van der Waals surface area contributed by atoms with Gasteiger partial charge < -0.3 is 34.2 Å². The van der Waals surface area contributed by atoms with Crippen molar-refractivity contribution in [2.75, 3.05) is 32.2 Å². The van der Waals surface area contributed by atoms with E-state index in [-0.39, 0.29) is 44.6 Å². The number of amides is 1. The summed E-state index contributed by atoms with van der Waals surface area (Å²) in [7, 11) is -0.424. The van der Waals surface area contributed by atoms with Gasteiger partial charge in [-0.05, 0) is 53.7 Å². The molecule has 3 rings (SSSR count). The molecule has 1 aromatic heterocycles. The molecular formula is C28H42N5O7P. The Morgan fingerprint density at radius 3 is 2.59 bits per heavy atom. The van der Waals surface area contributed by atoms with Crippen LogP contribution in [0.25, 0.3) is 4.85 Å². The molecule has 3 unspecified atom stereocenters. The summed E-state index contributed by atoms with van der Waals surface area (Å²) in [4.78, 5) is 33.4. The Balaban J connectivity index is 0.00000206. The molecule has 13 heteroatoms. The van der Waals surface area contributed by atoms with Crippen molar-refractivity contribution in [2.24, 2.45) is 5.92 Å². The molecule has 2 aromatic rings. The fourth-order valence-electron chi connectivity index (χ4n) is 4.39. The number of carbonyl (C=O) groups is 1. The molecule has 1 aromatic carbocycles. The molecule has 226 valence electrons. The zero-order valence-corrected chi connectivity index (χ0v) is 25.3. The molecule has 0 spiro atoms. The lowest BCUT2D eigenvalue weighted by Crippen LogP contribution is -2.39. The van der Waals surface area contributed by atoms with Gasteiger partial charge in [-0.2, -0.15) is 4.98 Å². The van der Waals surface area contributed by atoms with Gasteiger partial charge in [-0.15, -0.1) is 0 Å². The molecule has 1 aliphatic rings. The van der Waals surface area contributed by atoms with E-state index in [0.717, 1.165) is 0 Å². The van der Waals surface area contributed by atoms with Crippen LogP contribution in [0.15, 0.2) is 41.3 Å². The molecule has 0 radical (unpaired) electrons. The number of aliphatic hydroxyl groups is 2. The molecule has 1 amide bonds. The SMILES string of the molecule is [2H]C[C@H]1O[C@@H](n2cc(C)c(NC(=O)c3ccccc3)nc2=O)C(OP(OCC[N+]#[C-])N(C(C)C)C(C)C)C1CO.[3H]OC. The van der Waals surface area contributed by atoms with Crippen LogP contribution in [0.2, 0.25) is 0 Å². The van der Waals surface area contributed by atoms with Gasteiger partial charge in [-0.3, -0.25) is 9.36 Å². The lowest BCUT2D eigenvalue weighted by Gasteiger charge is -2.38. The summed E-state index contributed by atoms with van der Waals surface area (Å²) in [6, 6.07) is 8.68. The predicted octanol–water partition coefficient (Wildman–Crippen LogP) is 3.61. The van der Waals surface area contributed by atoms with Crippen molar-refractivity contribution in [1.29, 1.82) is 1.43 Å². The maximum atomic E-state index is 13.3. The summed E-state index contributed by atoms with van der Waals surface area (Å²) in [5, 5.41) is 16.5. The highest BCUT2D eigenvalue weighted by Gasteiger charge is 2.47. The van der Waals surface area contributed by atoms with Gasteiger partial charge in [0.15, 0.2) is 6.23 Å². The number of aliphatic hydroxyl groups excluding tert-OH is 2. The topological polar surface area (TPSA) is 140 Å². The summed E-state index contributed by atoms with van der Waals surface area (Å²) >= 11 is 0. The third-order valence-electron chi connectivity index (χ3n) is 6.25. The van der Waals surface area contributed by atoms with Crippen molar-refractivity contribution in [3.05, 3.63) is 69.6 Å². The highest BCUT2D eigenvalue weighted by Crippen LogP contribution is 2.51. The number of carbonyl (C=O) groups excluding carboxylic acids is 1. The standard InChI is InChI=1S/C27H38N5O6P.CH4O/c1-17(2)32(18(3)4)39(36-14-13-28-7)38-23-22(16-33)20(6)37-26(23)31-15-19(5)24(30-27(31)35)29-25(34)21-11-9-8-10-12-21;1-2/h8-12,15,17-18,20,22-23,26,33H,13-14,16H2,1-6H3,(H,29,30,34,35);2H,1H3/t20-,22?,23?,26-,39?;/m1./s1/i6D;2T. The van der Waals surface area contributed by atoms with Crippen LogP contribution in [0.3, 0.4) is 0 Å². The van der Waals surface area contributed by atoms with E-state index in [1.807, 2.05) is 32.4 Å². The van der Waals surface area contributed by atoms with Crippen LogP contribution >= 0.6 is 8.53 Å². The number of nitrogens with one attached hydrogen (secondary N) is 1. The molecule has 12 nitrogen and oxygen atoms in total. The molecule has 0 saturated carbocycles. The monoisotopic (exact) mass is 594 g/mol. The number of anilines is 1. The average molecular weight is 595 g/mol. The van der Waals surface area contributed by atoms with Gasteiger partial charge >= 0.3 is 5.69 Å². The van der Waals surface area contributed by atoms with Gasteiger partial charge in [0.05, 0.1) is 12.7 Å². The van der Waals surface area contributed by atoms with Crippen molar-refractivity contribution >= 4 is 20.3 Å². The van der Waals surface area contributed by atoms with E-state index < -0.39 is 44.5 Å². The number of hydrogen-bond donors (Lipinski definition) is 3. The van der Waals surface area contributed by atoms with Crippen LogP contribution in [0.5, 0.6) is 0 Å². The normalized spacial score (nSPS) is 21.6. The second-order valence-electron chi connectivity index (χ2n) is 9.78. The number of aromatic nitrogens is 2.